The Bertz CT molecular complexity index is 260. The van der Waals surface area contributed by atoms with E-state index >= 15 is 0 Å². The van der Waals surface area contributed by atoms with Gasteiger partial charge in [0.05, 0.1) is 17.8 Å². The number of carboxylic acid groups (broad SMARTS) is 1. The second-order valence-electron chi connectivity index (χ2n) is 4.24. The minimum Gasteiger partial charge on any atom is -0.479 e. The maximum atomic E-state index is 10.8. The fourth-order valence-corrected chi connectivity index (χ4v) is 2.07. The summed E-state index contributed by atoms with van der Waals surface area (Å²) in [5.74, 6) is -1.62. The fourth-order valence-electron chi connectivity index (χ4n) is 2.07. The Kier molecular flexibility index (Phi) is 2.06. The second-order valence-corrected chi connectivity index (χ2v) is 4.24. The van der Waals surface area contributed by atoms with E-state index in [1.165, 1.54) is 0 Å². The number of carbonyl (C=O) groups is 1. The first-order valence-electron chi connectivity index (χ1n) is 4.75. The molecule has 1 spiro atoms. The zero-order valence-corrected chi connectivity index (χ0v) is 7.88. The van der Waals surface area contributed by atoms with E-state index < -0.39 is 35.8 Å². The van der Waals surface area contributed by atoms with Crippen molar-refractivity contribution in [2.75, 3.05) is 0 Å². The summed E-state index contributed by atoms with van der Waals surface area (Å²) >= 11 is 0. The summed E-state index contributed by atoms with van der Waals surface area (Å²) in [6.07, 6.45) is -1.73. The lowest BCUT2D eigenvalue weighted by atomic mass is 9.86. The quantitative estimate of drug-likeness (QED) is 0.526. The molecule has 2 fully saturated rings. The minimum absolute atomic E-state index is 0.452. The van der Waals surface area contributed by atoms with Crippen LogP contribution in [0.3, 0.4) is 0 Å². The van der Waals surface area contributed by atoms with Crippen LogP contribution in [-0.4, -0.2) is 45.2 Å². The molecule has 5 heteroatoms. The van der Waals surface area contributed by atoms with E-state index in [1.807, 2.05) is 0 Å². The first kappa shape index (κ1) is 9.89. The average molecular weight is 202 g/mol. The van der Waals surface area contributed by atoms with Gasteiger partial charge in [0, 0.05) is 5.92 Å². The molecule has 0 aromatic rings. The van der Waals surface area contributed by atoms with Crippen LogP contribution >= 0.6 is 0 Å². The summed E-state index contributed by atoms with van der Waals surface area (Å²) < 4.78 is 5.24. The van der Waals surface area contributed by atoms with Crippen LogP contribution in [0.4, 0.5) is 0 Å². The Balaban J connectivity index is 2.20. The first-order chi connectivity index (χ1) is 6.48. The Morgan fingerprint density at radius 3 is 2.43 bits per heavy atom. The predicted molar refractivity (Wildman–Crippen MR) is 45.7 cm³/mol. The van der Waals surface area contributed by atoms with E-state index in [1.54, 1.807) is 6.92 Å². The summed E-state index contributed by atoms with van der Waals surface area (Å²) in [6, 6.07) is 0. The zero-order valence-electron chi connectivity index (χ0n) is 7.88. The minimum atomic E-state index is -1.20. The first-order valence-corrected chi connectivity index (χ1v) is 4.75. The third-order valence-corrected chi connectivity index (χ3v) is 3.23. The number of ether oxygens (including phenoxy) is 1. The molecular weight excluding hydrogens is 188 g/mol. The lowest BCUT2D eigenvalue weighted by Gasteiger charge is -2.40. The summed E-state index contributed by atoms with van der Waals surface area (Å²) in [5, 5.41) is 28.1. The molecule has 1 heterocycles. The highest BCUT2D eigenvalue weighted by Crippen LogP contribution is 2.49. The van der Waals surface area contributed by atoms with E-state index in [0.717, 1.165) is 0 Å². The Morgan fingerprint density at radius 2 is 2.00 bits per heavy atom. The molecule has 1 unspecified atom stereocenters. The van der Waals surface area contributed by atoms with Crippen molar-refractivity contribution in [2.24, 2.45) is 5.92 Å². The topological polar surface area (TPSA) is 87.0 Å². The molecule has 1 aliphatic heterocycles. The van der Waals surface area contributed by atoms with Crippen LogP contribution in [0.1, 0.15) is 19.8 Å². The molecule has 1 saturated carbocycles. The molecular formula is C9H14O5. The van der Waals surface area contributed by atoms with Crippen LogP contribution in [0, 0.1) is 5.92 Å². The van der Waals surface area contributed by atoms with Crippen molar-refractivity contribution < 1.29 is 24.9 Å². The summed E-state index contributed by atoms with van der Waals surface area (Å²) in [7, 11) is 0. The number of hydrogen-bond acceptors (Lipinski definition) is 4. The van der Waals surface area contributed by atoms with Crippen molar-refractivity contribution in [3.63, 3.8) is 0 Å². The third-order valence-electron chi connectivity index (χ3n) is 3.23. The van der Waals surface area contributed by atoms with E-state index in [2.05, 4.69) is 0 Å². The number of aliphatic carboxylic acids is 1. The second kappa shape index (κ2) is 2.92. The number of carboxylic acids is 1. The van der Waals surface area contributed by atoms with Crippen molar-refractivity contribution in [1.82, 2.24) is 0 Å². The van der Waals surface area contributed by atoms with Crippen molar-refractivity contribution in [1.29, 1.82) is 0 Å². The normalized spacial score (nSPS) is 45.1. The highest BCUT2D eigenvalue weighted by atomic mass is 16.6. The summed E-state index contributed by atoms with van der Waals surface area (Å²) in [4.78, 5) is 10.8. The van der Waals surface area contributed by atoms with E-state index in [4.69, 9.17) is 9.84 Å². The van der Waals surface area contributed by atoms with Crippen LogP contribution < -0.4 is 0 Å². The molecule has 0 bridgehead atoms. The van der Waals surface area contributed by atoms with Crippen LogP contribution in [0.5, 0.6) is 0 Å². The highest BCUT2D eigenvalue weighted by Gasteiger charge is 2.60. The molecule has 4 atom stereocenters. The standard InChI is InChI=1S/C9H14O5/c1-4-5(10)6(8(12)13)14-9(2-3-9)7(4)11/h4-7,10-11H,2-3H2,1H3,(H,12,13)/t4-,5-,6?,7+/m0/s1. The maximum absolute atomic E-state index is 10.8. The average Bonchev–Trinajstić information content (AvgIpc) is 2.89. The molecule has 14 heavy (non-hydrogen) atoms. The van der Waals surface area contributed by atoms with Gasteiger partial charge in [0.2, 0.25) is 0 Å². The maximum Gasteiger partial charge on any atom is 0.335 e. The Morgan fingerprint density at radius 1 is 1.43 bits per heavy atom. The monoisotopic (exact) mass is 202 g/mol. The number of hydrogen-bond donors (Lipinski definition) is 3. The SMILES string of the molecule is C[C@H]1[C@H](O)C(C(=O)O)OC2(CC2)[C@@H]1O. The number of aliphatic hydroxyl groups excluding tert-OH is 2. The van der Waals surface area contributed by atoms with Crippen LogP contribution in [-0.2, 0) is 9.53 Å². The van der Waals surface area contributed by atoms with Gasteiger partial charge in [0.15, 0.2) is 6.10 Å². The van der Waals surface area contributed by atoms with Crippen molar-refractivity contribution in [3.8, 4) is 0 Å². The van der Waals surface area contributed by atoms with E-state index in [9.17, 15) is 15.0 Å². The molecule has 0 aromatic carbocycles. The van der Waals surface area contributed by atoms with Crippen LogP contribution in [0.25, 0.3) is 0 Å². The molecule has 0 aromatic heterocycles. The van der Waals surface area contributed by atoms with E-state index in [0.29, 0.717) is 12.8 Å². The van der Waals surface area contributed by atoms with Crippen molar-refractivity contribution in [3.05, 3.63) is 0 Å². The molecule has 0 radical (unpaired) electrons. The van der Waals surface area contributed by atoms with Gasteiger partial charge in [-0.15, -0.1) is 0 Å². The summed E-state index contributed by atoms with van der Waals surface area (Å²) in [5.41, 5.74) is -0.693. The lowest BCUT2D eigenvalue weighted by molar-refractivity contribution is -0.218. The van der Waals surface area contributed by atoms with Crippen LogP contribution in [0.15, 0.2) is 0 Å². The predicted octanol–water partition coefficient (Wildman–Crippen LogP) is -0.640. The van der Waals surface area contributed by atoms with Gasteiger partial charge in [-0.05, 0) is 12.8 Å². The highest BCUT2D eigenvalue weighted by molar-refractivity contribution is 5.73. The largest absolute Gasteiger partial charge is 0.479 e. The number of rotatable bonds is 1. The molecule has 1 aliphatic carbocycles. The van der Waals surface area contributed by atoms with Crippen molar-refractivity contribution in [2.45, 2.75) is 43.7 Å². The van der Waals surface area contributed by atoms with Crippen molar-refractivity contribution >= 4 is 5.97 Å². The molecule has 1 saturated heterocycles. The Labute approximate surface area is 81.3 Å². The van der Waals surface area contributed by atoms with Gasteiger partial charge in [-0.2, -0.15) is 0 Å². The third kappa shape index (κ3) is 1.24. The van der Waals surface area contributed by atoms with Crippen LogP contribution in [0.2, 0.25) is 0 Å². The van der Waals surface area contributed by atoms with Gasteiger partial charge >= 0.3 is 5.97 Å². The van der Waals surface area contributed by atoms with E-state index in [-0.39, 0.29) is 0 Å². The zero-order chi connectivity index (χ0) is 10.5. The molecule has 0 amide bonds. The van der Waals surface area contributed by atoms with Gasteiger partial charge in [-0.3, -0.25) is 0 Å². The number of aliphatic hydroxyl groups is 2. The Hall–Kier alpha value is -0.650. The van der Waals surface area contributed by atoms with Gasteiger partial charge < -0.3 is 20.1 Å². The van der Waals surface area contributed by atoms with Gasteiger partial charge in [0.1, 0.15) is 0 Å². The molecule has 2 aliphatic rings. The van der Waals surface area contributed by atoms with Gasteiger partial charge in [-0.1, -0.05) is 6.92 Å². The summed E-state index contributed by atoms with van der Waals surface area (Å²) in [6.45, 7) is 1.65. The molecule has 3 N–H and O–H groups in total. The lowest BCUT2D eigenvalue weighted by Crippen LogP contribution is -2.57. The fraction of sp³-hybridized carbons (Fsp3) is 0.889. The smallest absolute Gasteiger partial charge is 0.335 e. The van der Waals surface area contributed by atoms with Gasteiger partial charge in [0.25, 0.3) is 0 Å². The van der Waals surface area contributed by atoms with Gasteiger partial charge in [-0.25, -0.2) is 4.79 Å². The molecule has 5 nitrogen and oxygen atoms in total. The molecule has 2 rings (SSSR count). The molecule has 80 valence electrons.